The molecule has 0 aromatic heterocycles. The summed E-state index contributed by atoms with van der Waals surface area (Å²) in [6, 6.07) is 77.3. The molecule has 0 amide bonds. The van der Waals surface area contributed by atoms with Crippen LogP contribution >= 0.6 is 23.5 Å². The van der Waals surface area contributed by atoms with Crippen molar-refractivity contribution in [2.75, 3.05) is 0 Å². The summed E-state index contributed by atoms with van der Waals surface area (Å²) in [4.78, 5) is 5.40. The number of hydrogen-bond donors (Lipinski definition) is 0. The Bertz CT molecular complexity index is 3290. The first-order valence-corrected chi connectivity index (χ1v) is 24.0. The summed E-state index contributed by atoms with van der Waals surface area (Å²) in [6.45, 7) is 9.47. The zero-order valence-electron chi connectivity index (χ0n) is 36.4. The van der Waals surface area contributed by atoms with E-state index in [0.717, 1.165) is 0 Å². The zero-order valence-corrected chi connectivity index (χ0v) is 38.1. The first-order valence-electron chi connectivity index (χ1n) is 22.3. The van der Waals surface area contributed by atoms with Crippen molar-refractivity contribution in [1.82, 2.24) is 0 Å². The van der Waals surface area contributed by atoms with Gasteiger partial charge in [0, 0.05) is 30.4 Å². The third-order valence-electron chi connectivity index (χ3n) is 14.0. The number of fused-ring (bicyclic) bond motifs is 6. The van der Waals surface area contributed by atoms with E-state index in [9.17, 15) is 0 Å². The summed E-state index contributed by atoms with van der Waals surface area (Å²) >= 11 is 3.83. The van der Waals surface area contributed by atoms with E-state index >= 15 is 0 Å². The van der Waals surface area contributed by atoms with E-state index in [0.29, 0.717) is 0 Å². The van der Waals surface area contributed by atoms with Crippen molar-refractivity contribution >= 4 is 45.1 Å². The van der Waals surface area contributed by atoms with Gasteiger partial charge in [0.15, 0.2) is 0 Å². The molecular formula is C62H46S2. The predicted molar refractivity (Wildman–Crippen MR) is 274 cm³/mol. The lowest BCUT2D eigenvalue weighted by atomic mass is 9.77. The number of rotatable bonds is 5. The molecule has 0 saturated carbocycles. The van der Waals surface area contributed by atoms with Crippen molar-refractivity contribution in [3.63, 3.8) is 0 Å². The summed E-state index contributed by atoms with van der Waals surface area (Å²) < 4.78 is 0. The monoisotopic (exact) mass is 854 g/mol. The van der Waals surface area contributed by atoms with Crippen LogP contribution in [0.15, 0.2) is 226 Å². The van der Waals surface area contributed by atoms with Crippen LogP contribution in [0, 0.1) is 0 Å². The quantitative estimate of drug-likeness (QED) is 0.158. The molecule has 2 aliphatic heterocycles. The number of hydrogen-bond acceptors (Lipinski definition) is 2. The maximum Gasteiger partial charge on any atom is 0.0241 e. The van der Waals surface area contributed by atoms with Gasteiger partial charge in [-0.15, -0.1) is 0 Å². The maximum absolute atomic E-state index is 2.47. The summed E-state index contributed by atoms with van der Waals surface area (Å²) in [5.41, 5.74) is 17.9. The normalized spacial score (nSPS) is 14.4. The Hall–Kier alpha value is -6.58. The molecule has 10 aromatic rings. The first-order chi connectivity index (χ1) is 31.3. The topological polar surface area (TPSA) is 0 Å². The Kier molecular flexibility index (Phi) is 9.16. The largest absolute Gasteiger partial charge is 0.0888 e. The lowest BCUT2D eigenvalue weighted by Crippen LogP contribution is -2.23. The second-order valence-corrected chi connectivity index (χ2v) is 20.5. The number of benzene rings is 10. The standard InChI is InChI=1S/C62H46S2/c1-61(2)52-30-8-10-34-56(52)63-59-46(26-16-32-54(59)61)42-22-12-20-40(36-42)44-24-14-28-48-50(44)38-51-45(25-15-29-49(51)58(48)39-18-6-5-7-19-39)41-21-13-23-43(37-41)47-27-17-33-55-60(47)64-57-35-11-9-31-53(57)62(55,3)4/h5-38H,1-4H3. The summed E-state index contributed by atoms with van der Waals surface area (Å²) in [6.07, 6.45) is 0. The highest BCUT2D eigenvalue weighted by Crippen LogP contribution is 2.54. The highest BCUT2D eigenvalue weighted by atomic mass is 32.2. The average molecular weight is 855 g/mol. The summed E-state index contributed by atoms with van der Waals surface area (Å²) in [7, 11) is 0. The Morgan fingerprint density at radius 2 is 0.641 bits per heavy atom. The van der Waals surface area contributed by atoms with Crippen LogP contribution in [0.4, 0.5) is 0 Å². The van der Waals surface area contributed by atoms with Gasteiger partial charge in [-0.05, 0) is 130 Å². The molecule has 0 unspecified atom stereocenters. The van der Waals surface area contributed by atoms with Crippen LogP contribution in [-0.4, -0.2) is 0 Å². The van der Waals surface area contributed by atoms with E-state index in [1.165, 1.54) is 119 Å². The van der Waals surface area contributed by atoms with Crippen molar-refractivity contribution in [3.05, 3.63) is 229 Å². The van der Waals surface area contributed by atoms with Crippen molar-refractivity contribution < 1.29 is 0 Å². The van der Waals surface area contributed by atoms with Crippen molar-refractivity contribution in [2.45, 2.75) is 58.1 Å². The minimum Gasteiger partial charge on any atom is -0.0888 e. The van der Waals surface area contributed by atoms with Crippen molar-refractivity contribution in [3.8, 4) is 55.6 Å². The van der Waals surface area contributed by atoms with Gasteiger partial charge in [-0.3, -0.25) is 0 Å². The summed E-state index contributed by atoms with van der Waals surface area (Å²) in [5.74, 6) is 0. The van der Waals surface area contributed by atoms with E-state index in [2.05, 4.69) is 234 Å². The SMILES string of the molecule is CC1(C)c2ccccc2Sc2c(-c3cccc(-c4cccc5c(-c6ccccc6)c6cccc(-c7cccc(-c8cccc9c8Sc8ccccc8C9(C)C)c7)c6cc45)c3)cccc21. The van der Waals surface area contributed by atoms with Gasteiger partial charge in [-0.2, -0.15) is 0 Å². The lowest BCUT2D eigenvalue weighted by molar-refractivity contribution is 0.608. The second-order valence-electron chi connectivity index (χ2n) is 18.4. The Labute approximate surface area is 385 Å². The highest BCUT2D eigenvalue weighted by molar-refractivity contribution is 8.00. The molecule has 0 nitrogen and oxygen atoms in total. The third kappa shape index (κ3) is 6.15. The molecule has 0 atom stereocenters. The van der Waals surface area contributed by atoms with Crippen LogP contribution < -0.4 is 0 Å². The van der Waals surface area contributed by atoms with Crippen LogP contribution in [0.1, 0.15) is 49.9 Å². The van der Waals surface area contributed by atoms with E-state index in [1.807, 2.05) is 23.5 Å². The van der Waals surface area contributed by atoms with Gasteiger partial charge in [0.1, 0.15) is 0 Å². The molecule has 0 spiro atoms. The molecule has 2 heteroatoms. The second kappa shape index (κ2) is 15.0. The predicted octanol–water partition coefficient (Wildman–Crippen LogP) is 17.9. The van der Waals surface area contributed by atoms with Crippen LogP contribution in [0.2, 0.25) is 0 Å². The van der Waals surface area contributed by atoms with Crippen LogP contribution in [0.3, 0.4) is 0 Å². The van der Waals surface area contributed by atoms with Crippen LogP contribution in [0.5, 0.6) is 0 Å². The van der Waals surface area contributed by atoms with Crippen LogP contribution in [0.25, 0.3) is 77.2 Å². The molecule has 306 valence electrons. The third-order valence-corrected chi connectivity index (χ3v) is 16.4. The molecular weight excluding hydrogens is 809 g/mol. The molecule has 12 rings (SSSR count). The van der Waals surface area contributed by atoms with Gasteiger partial charge in [0.25, 0.3) is 0 Å². The molecule has 2 heterocycles. The molecule has 0 bridgehead atoms. The Morgan fingerprint density at radius 1 is 0.281 bits per heavy atom. The molecule has 0 aliphatic carbocycles. The summed E-state index contributed by atoms with van der Waals surface area (Å²) in [5, 5.41) is 5.02. The average Bonchev–Trinajstić information content (AvgIpc) is 3.33. The van der Waals surface area contributed by atoms with Crippen LogP contribution in [-0.2, 0) is 10.8 Å². The molecule has 10 aromatic carbocycles. The van der Waals surface area contributed by atoms with Crippen molar-refractivity contribution in [1.29, 1.82) is 0 Å². The zero-order chi connectivity index (χ0) is 43.2. The molecule has 2 aliphatic rings. The van der Waals surface area contributed by atoms with E-state index in [-0.39, 0.29) is 10.8 Å². The van der Waals surface area contributed by atoms with Gasteiger partial charge < -0.3 is 0 Å². The first kappa shape index (κ1) is 39.0. The molecule has 0 radical (unpaired) electrons. The van der Waals surface area contributed by atoms with Gasteiger partial charge >= 0.3 is 0 Å². The van der Waals surface area contributed by atoms with E-state index in [4.69, 9.17) is 0 Å². The molecule has 64 heavy (non-hydrogen) atoms. The highest BCUT2D eigenvalue weighted by Gasteiger charge is 2.35. The minimum atomic E-state index is -0.0881. The lowest BCUT2D eigenvalue weighted by Gasteiger charge is -2.35. The van der Waals surface area contributed by atoms with E-state index < -0.39 is 0 Å². The van der Waals surface area contributed by atoms with Crippen molar-refractivity contribution in [2.24, 2.45) is 0 Å². The maximum atomic E-state index is 2.47. The Balaban J connectivity index is 1.03. The minimum absolute atomic E-state index is 0.0881. The van der Waals surface area contributed by atoms with Gasteiger partial charge in [-0.1, -0.05) is 227 Å². The molecule has 0 saturated heterocycles. The molecule has 0 N–H and O–H groups in total. The van der Waals surface area contributed by atoms with E-state index in [1.54, 1.807) is 0 Å². The smallest absolute Gasteiger partial charge is 0.0241 e. The fourth-order valence-electron chi connectivity index (χ4n) is 10.7. The van der Waals surface area contributed by atoms with Gasteiger partial charge in [0.05, 0.1) is 0 Å². The van der Waals surface area contributed by atoms with Gasteiger partial charge in [0.2, 0.25) is 0 Å². The molecule has 0 fully saturated rings. The fourth-order valence-corrected chi connectivity index (χ4v) is 13.7. The Morgan fingerprint density at radius 3 is 1.12 bits per heavy atom. The fraction of sp³-hybridized carbons (Fsp3) is 0.0968. The van der Waals surface area contributed by atoms with Gasteiger partial charge in [-0.25, -0.2) is 0 Å².